The Kier molecular flexibility index (Phi) is 7.95. The number of carbonyl (C=O) groups excluding carboxylic acids is 1. The minimum atomic E-state index is -4.55. The summed E-state index contributed by atoms with van der Waals surface area (Å²) in [6, 6.07) is 19.5. The van der Waals surface area contributed by atoms with Gasteiger partial charge >= 0.3 is 0 Å². The fourth-order valence-corrected chi connectivity index (χ4v) is 6.43. The molecule has 1 amide bonds. The molecule has 5 rings (SSSR count). The first-order valence-electron chi connectivity index (χ1n) is 13.1. The van der Waals surface area contributed by atoms with Crippen LogP contribution in [-0.4, -0.2) is 38.5 Å². The van der Waals surface area contributed by atoms with E-state index in [2.05, 4.69) is 14.4 Å². The number of amides is 1. The van der Waals surface area contributed by atoms with Gasteiger partial charge in [0, 0.05) is 39.5 Å². The van der Waals surface area contributed by atoms with Crippen LogP contribution in [0.4, 0.5) is 10.1 Å². The molecule has 2 aromatic heterocycles. The zero-order valence-corrected chi connectivity index (χ0v) is 24.7. The first-order valence-corrected chi connectivity index (χ1v) is 16.5. The van der Waals surface area contributed by atoms with Crippen LogP contribution < -0.4 is 15.0 Å². The summed E-state index contributed by atoms with van der Waals surface area (Å²) in [5, 5.41) is 0.509. The summed E-state index contributed by atoms with van der Waals surface area (Å²) in [5.41, 5.74) is 1.24. The predicted octanol–water partition coefficient (Wildman–Crippen LogP) is 4.24. The standard InChI is InChI=1S/C30H27FN4O6S2/c1-3-19-13-14-26-24(16-19)27(23-11-7-15-32-29(23)36)28(35(26)18-20-8-4-5-12-25(20)31)30(37)34-43(40,41)22-10-6-9-21(17-22)33-42(2,38)39/h4-17,33H,3,18H2,1-2H3,(H,32,36)(H,34,37). The minimum absolute atomic E-state index is 0.0184. The highest BCUT2D eigenvalue weighted by molar-refractivity contribution is 7.92. The molecule has 0 saturated carbocycles. The molecule has 10 nitrogen and oxygen atoms in total. The topological polar surface area (TPSA) is 147 Å². The van der Waals surface area contributed by atoms with Crippen molar-refractivity contribution in [3.05, 3.63) is 118 Å². The zero-order valence-electron chi connectivity index (χ0n) is 23.1. The summed E-state index contributed by atoms with van der Waals surface area (Å²) in [6.07, 6.45) is 3.00. The van der Waals surface area contributed by atoms with Gasteiger partial charge in [0.05, 0.1) is 17.7 Å². The maximum atomic E-state index is 14.9. The van der Waals surface area contributed by atoms with Crippen molar-refractivity contribution in [2.75, 3.05) is 11.0 Å². The number of H-pyrrole nitrogens is 1. The Morgan fingerprint density at radius 3 is 2.42 bits per heavy atom. The monoisotopic (exact) mass is 622 g/mol. The maximum Gasteiger partial charge on any atom is 0.282 e. The van der Waals surface area contributed by atoms with Crippen molar-refractivity contribution in [2.45, 2.75) is 24.8 Å². The van der Waals surface area contributed by atoms with Crippen molar-refractivity contribution in [1.82, 2.24) is 14.3 Å². The number of halogens is 1. The Hall–Kier alpha value is -4.75. The van der Waals surface area contributed by atoms with E-state index in [4.69, 9.17) is 0 Å². The highest BCUT2D eigenvalue weighted by atomic mass is 32.2. The van der Waals surface area contributed by atoms with Crippen molar-refractivity contribution < 1.29 is 26.0 Å². The van der Waals surface area contributed by atoms with Gasteiger partial charge in [-0.15, -0.1) is 0 Å². The molecule has 0 saturated heterocycles. The number of aromatic amines is 1. The predicted molar refractivity (Wildman–Crippen MR) is 162 cm³/mol. The zero-order chi connectivity index (χ0) is 30.9. The number of benzene rings is 3. The van der Waals surface area contributed by atoms with Gasteiger partial charge in [-0.25, -0.2) is 25.9 Å². The van der Waals surface area contributed by atoms with Gasteiger partial charge in [-0.1, -0.05) is 37.3 Å². The molecule has 0 unspecified atom stereocenters. The normalized spacial score (nSPS) is 11.9. The van der Waals surface area contributed by atoms with E-state index in [1.165, 1.54) is 47.2 Å². The lowest BCUT2D eigenvalue weighted by atomic mass is 10.0. The van der Waals surface area contributed by atoms with Gasteiger partial charge in [-0.2, -0.15) is 0 Å². The largest absolute Gasteiger partial charge is 0.331 e. The quantitative estimate of drug-likeness (QED) is 0.224. The summed E-state index contributed by atoms with van der Waals surface area (Å²) in [6.45, 7) is 1.80. The summed E-state index contributed by atoms with van der Waals surface area (Å²) in [4.78, 5) is 29.3. The van der Waals surface area contributed by atoms with Gasteiger partial charge in [-0.05, 0) is 60.5 Å². The lowest BCUT2D eigenvalue weighted by Crippen LogP contribution is -2.33. The van der Waals surface area contributed by atoms with Crippen LogP contribution >= 0.6 is 0 Å². The molecule has 0 bridgehead atoms. The van der Waals surface area contributed by atoms with Crippen molar-refractivity contribution in [3.8, 4) is 11.1 Å². The van der Waals surface area contributed by atoms with Crippen LogP contribution in [0.1, 0.15) is 28.5 Å². The van der Waals surface area contributed by atoms with Crippen LogP contribution in [0.3, 0.4) is 0 Å². The molecule has 5 aromatic rings. The fraction of sp³-hybridized carbons (Fsp3) is 0.133. The van der Waals surface area contributed by atoms with Crippen LogP contribution in [-0.2, 0) is 33.0 Å². The molecule has 0 aliphatic heterocycles. The van der Waals surface area contributed by atoms with E-state index in [0.717, 1.165) is 17.9 Å². The van der Waals surface area contributed by atoms with E-state index in [1.54, 1.807) is 24.3 Å². The van der Waals surface area contributed by atoms with Crippen molar-refractivity contribution in [2.24, 2.45) is 0 Å². The number of rotatable bonds is 9. The third-order valence-electron chi connectivity index (χ3n) is 6.80. The lowest BCUT2D eigenvalue weighted by Gasteiger charge is -2.14. The average molecular weight is 623 g/mol. The Labute approximate surface area is 247 Å². The van der Waals surface area contributed by atoms with Crippen LogP contribution in [0.15, 0.2) is 94.7 Å². The molecule has 0 aliphatic carbocycles. The number of aromatic nitrogens is 2. The summed E-state index contributed by atoms with van der Waals surface area (Å²) >= 11 is 0. The average Bonchev–Trinajstić information content (AvgIpc) is 3.26. The highest BCUT2D eigenvalue weighted by Crippen LogP contribution is 2.35. The van der Waals surface area contributed by atoms with E-state index >= 15 is 0 Å². The number of hydrogen-bond acceptors (Lipinski definition) is 6. The molecular weight excluding hydrogens is 595 g/mol. The minimum Gasteiger partial charge on any atom is -0.331 e. The maximum absolute atomic E-state index is 14.9. The second-order valence-corrected chi connectivity index (χ2v) is 13.3. The molecule has 2 heterocycles. The number of fused-ring (bicyclic) bond motifs is 1. The van der Waals surface area contributed by atoms with Gasteiger partial charge in [0.15, 0.2) is 0 Å². The lowest BCUT2D eigenvalue weighted by molar-refractivity contribution is 0.0974. The number of sulfonamides is 2. The highest BCUT2D eigenvalue weighted by Gasteiger charge is 2.29. The smallest absolute Gasteiger partial charge is 0.282 e. The van der Waals surface area contributed by atoms with Gasteiger partial charge in [0.25, 0.3) is 21.5 Å². The van der Waals surface area contributed by atoms with Crippen molar-refractivity contribution >= 4 is 42.5 Å². The van der Waals surface area contributed by atoms with E-state index in [-0.39, 0.29) is 39.5 Å². The van der Waals surface area contributed by atoms with E-state index < -0.39 is 37.3 Å². The molecule has 43 heavy (non-hydrogen) atoms. The number of carbonyl (C=O) groups is 1. The first-order chi connectivity index (χ1) is 20.4. The Morgan fingerprint density at radius 2 is 1.72 bits per heavy atom. The van der Waals surface area contributed by atoms with Gasteiger partial charge < -0.3 is 9.55 Å². The third kappa shape index (κ3) is 6.22. The number of pyridine rings is 1. The van der Waals surface area contributed by atoms with Crippen molar-refractivity contribution in [3.63, 3.8) is 0 Å². The molecule has 0 aliphatic rings. The SMILES string of the molecule is CCc1ccc2c(c1)c(-c1ccc[nH]c1=O)c(C(=O)NS(=O)(=O)c1cccc(NS(C)(=O)=O)c1)n2Cc1ccccc1F. The first kappa shape index (κ1) is 29.7. The molecule has 0 radical (unpaired) electrons. The number of hydrogen-bond donors (Lipinski definition) is 3. The molecule has 222 valence electrons. The van der Waals surface area contributed by atoms with Crippen molar-refractivity contribution in [1.29, 1.82) is 0 Å². The summed E-state index contributed by atoms with van der Waals surface area (Å²) < 4.78 is 70.9. The summed E-state index contributed by atoms with van der Waals surface area (Å²) in [5.74, 6) is -1.59. The van der Waals surface area contributed by atoms with E-state index in [1.807, 2.05) is 19.1 Å². The Bertz CT molecular complexity index is 2160. The number of aryl methyl sites for hydroxylation is 1. The third-order valence-corrected chi connectivity index (χ3v) is 8.73. The molecular formula is C30H27FN4O6S2. The number of nitrogens with one attached hydrogen (secondary N) is 3. The second kappa shape index (κ2) is 11.5. The van der Waals surface area contributed by atoms with E-state index in [9.17, 15) is 30.8 Å². The molecule has 0 fully saturated rings. The van der Waals surface area contributed by atoms with Gasteiger partial charge in [-0.3, -0.25) is 14.3 Å². The molecule has 0 atom stereocenters. The Morgan fingerprint density at radius 1 is 0.953 bits per heavy atom. The second-order valence-electron chi connectivity index (χ2n) is 9.86. The Balaban J connectivity index is 1.73. The molecule has 0 spiro atoms. The molecule has 13 heteroatoms. The molecule has 3 N–H and O–H groups in total. The van der Waals surface area contributed by atoms with Crippen LogP contribution in [0, 0.1) is 5.82 Å². The fourth-order valence-electron chi connectivity index (χ4n) is 4.88. The van der Waals surface area contributed by atoms with Crippen LogP contribution in [0.5, 0.6) is 0 Å². The summed E-state index contributed by atoms with van der Waals surface area (Å²) in [7, 11) is -8.25. The van der Waals surface area contributed by atoms with Gasteiger partial charge in [0.2, 0.25) is 10.0 Å². The number of nitrogens with zero attached hydrogens (tertiary/aromatic N) is 1. The van der Waals surface area contributed by atoms with Gasteiger partial charge in [0.1, 0.15) is 11.5 Å². The van der Waals surface area contributed by atoms with Crippen LogP contribution in [0.25, 0.3) is 22.0 Å². The van der Waals surface area contributed by atoms with Crippen LogP contribution in [0.2, 0.25) is 0 Å². The number of anilines is 1. The van der Waals surface area contributed by atoms with E-state index in [0.29, 0.717) is 17.3 Å². The molecule has 3 aromatic carbocycles.